The fourth-order valence-electron chi connectivity index (χ4n) is 4.00. The van der Waals surface area contributed by atoms with Crippen LogP contribution in [0.5, 0.6) is 5.75 Å². The van der Waals surface area contributed by atoms with Crippen LogP contribution in [0.15, 0.2) is 53.1 Å². The number of benzene rings is 2. The lowest BCUT2D eigenvalue weighted by atomic mass is 10.0. The Morgan fingerprint density at radius 2 is 1.94 bits per heavy atom. The summed E-state index contributed by atoms with van der Waals surface area (Å²) in [5.74, 6) is -0.307. The molecule has 0 spiro atoms. The number of likely N-dealkylation sites (tertiary alicyclic amines) is 1. The van der Waals surface area contributed by atoms with Gasteiger partial charge >= 0.3 is 0 Å². The molecule has 4 rings (SSSR count). The highest BCUT2D eigenvalue weighted by atomic mass is 19.1. The third-order valence-electron chi connectivity index (χ3n) is 5.46. The normalized spacial score (nSPS) is 16.0. The number of hydrogen-bond donors (Lipinski definition) is 0. The first-order chi connectivity index (χ1) is 15.1. The van der Waals surface area contributed by atoms with Crippen molar-refractivity contribution in [3.8, 4) is 17.1 Å². The van der Waals surface area contributed by atoms with E-state index < -0.39 is 11.6 Å². The Balaban J connectivity index is 1.40. The topological polar surface area (TPSA) is 55.6 Å². The fraction of sp³-hybridized carbons (Fsp3) is 0.333. The highest BCUT2D eigenvalue weighted by molar-refractivity contribution is 5.77. The van der Waals surface area contributed by atoms with Gasteiger partial charge < -0.3 is 14.1 Å². The number of aromatic nitrogens is 1. The second kappa shape index (κ2) is 9.29. The minimum atomic E-state index is -0.714. The van der Waals surface area contributed by atoms with Gasteiger partial charge in [0.1, 0.15) is 17.4 Å². The van der Waals surface area contributed by atoms with Gasteiger partial charge in [0.05, 0.1) is 24.4 Å². The molecule has 2 aromatic carbocycles. The summed E-state index contributed by atoms with van der Waals surface area (Å²) in [6, 6.07) is 11.5. The molecule has 162 valence electrons. The van der Waals surface area contributed by atoms with Gasteiger partial charge in [-0.05, 0) is 49.6 Å². The van der Waals surface area contributed by atoms with Crippen molar-refractivity contribution in [3.05, 3.63) is 71.8 Å². The van der Waals surface area contributed by atoms with Crippen LogP contribution >= 0.6 is 0 Å². The van der Waals surface area contributed by atoms with Gasteiger partial charge in [0.2, 0.25) is 5.91 Å². The summed E-state index contributed by atoms with van der Waals surface area (Å²) in [7, 11) is 0. The fourth-order valence-corrected chi connectivity index (χ4v) is 4.00. The molecule has 0 bridgehead atoms. The molecule has 1 atom stereocenters. The lowest BCUT2D eigenvalue weighted by molar-refractivity contribution is -0.132. The molecule has 1 aliphatic heterocycles. The molecule has 2 heterocycles. The van der Waals surface area contributed by atoms with Crippen molar-refractivity contribution in [2.24, 2.45) is 0 Å². The van der Waals surface area contributed by atoms with Gasteiger partial charge in [-0.15, -0.1) is 0 Å². The molecule has 0 saturated carbocycles. The van der Waals surface area contributed by atoms with E-state index in [0.717, 1.165) is 24.2 Å². The Bertz CT molecular complexity index is 1030. The number of carbonyl (C=O) groups excluding carboxylic acids is 1. The average molecular weight is 426 g/mol. The Hall–Kier alpha value is -3.22. The zero-order valence-electron chi connectivity index (χ0n) is 17.3. The van der Waals surface area contributed by atoms with Crippen molar-refractivity contribution in [2.45, 2.75) is 38.6 Å². The van der Waals surface area contributed by atoms with Crippen LogP contribution in [0.4, 0.5) is 8.78 Å². The maximum absolute atomic E-state index is 13.9. The molecule has 5 nitrogen and oxygen atoms in total. The van der Waals surface area contributed by atoms with Gasteiger partial charge in [0, 0.05) is 19.4 Å². The smallest absolute Gasteiger partial charge is 0.223 e. The van der Waals surface area contributed by atoms with Crippen molar-refractivity contribution in [2.75, 3.05) is 13.2 Å². The maximum Gasteiger partial charge on any atom is 0.223 e. The van der Waals surface area contributed by atoms with Crippen LogP contribution in [0.2, 0.25) is 0 Å². The van der Waals surface area contributed by atoms with Crippen LogP contribution in [-0.2, 0) is 11.2 Å². The van der Waals surface area contributed by atoms with E-state index in [0.29, 0.717) is 13.2 Å². The van der Waals surface area contributed by atoms with Gasteiger partial charge in [0.25, 0.3) is 0 Å². The van der Waals surface area contributed by atoms with Gasteiger partial charge in [-0.25, -0.2) is 13.8 Å². The molecular weight excluding hydrogens is 402 g/mol. The van der Waals surface area contributed by atoms with Crippen molar-refractivity contribution < 1.29 is 22.7 Å². The van der Waals surface area contributed by atoms with Gasteiger partial charge in [-0.3, -0.25) is 4.79 Å². The summed E-state index contributed by atoms with van der Waals surface area (Å²) in [5, 5.41) is 0. The quantitative estimate of drug-likeness (QED) is 0.513. The van der Waals surface area contributed by atoms with Gasteiger partial charge in [-0.2, -0.15) is 0 Å². The summed E-state index contributed by atoms with van der Waals surface area (Å²) >= 11 is 0. The van der Waals surface area contributed by atoms with Crippen molar-refractivity contribution in [3.63, 3.8) is 0 Å². The number of amides is 1. The first kappa shape index (κ1) is 21.0. The zero-order chi connectivity index (χ0) is 21.8. The lowest BCUT2D eigenvalue weighted by Crippen LogP contribution is -2.30. The van der Waals surface area contributed by atoms with E-state index in [1.807, 2.05) is 36.1 Å². The molecule has 1 fully saturated rings. The number of hydrogen-bond acceptors (Lipinski definition) is 4. The molecule has 0 aliphatic carbocycles. The maximum atomic E-state index is 13.9. The monoisotopic (exact) mass is 426 g/mol. The Morgan fingerprint density at radius 1 is 1.19 bits per heavy atom. The van der Waals surface area contributed by atoms with Gasteiger partial charge in [-0.1, -0.05) is 18.2 Å². The van der Waals surface area contributed by atoms with E-state index in [4.69, 9.17) is 9.15 Å². The second-order valence-electron chi connectivity index (χ2n) is 7.46. The molecule has 1 unspecified atom stereocenters. The summed E-state index contributed by atoms with van der Waals surface area (Å²) in [6.07, 6.45) is 3.63. The third kappa shape index (κ3) is 4.60. The van der Waals surface area contributed by atoms with Crippen molar-refractivity contribution >= 4 is 5.91 Å². The molecule has 0 N–H and O–H groups in total. The SMILES string of the molecule is CCOc1ccc(C2CCCN2C(=O)CCc2ncc(-c3c(F)cccc3F)o2)cc1. The van der Waals surface area contributed by atoms with Crippen LogP contribution in [0.25, 0.3) is 11.3 Å². The molecular formula is C24H24F2N2O3. The van der Waals surface area contributed by atoms with E-state index in [2.05, 4.69) is 4.98 Å². The largest absolute Gasteiger partial charge is 0.494 e. The Kier molecular flexibility index (Phi) is 6.30. The number of halogens is 2. The molecule has 31 heavy (non-hydrogen) atoms. The van der Waals surface area contributed by atoms with E-state index >= 15 is 0 Å². The summed E-state index contributed by atoms with van der Waals surface area (Å²) in [6.45, 7) is 3.25. The summed E-state index contributed by atoms with van der Waals surface area (Å²) in [4.78, 5) is 18.8. The Labute approximate surface area is 179 Å². The van der Waals surface area contributed by atoms with E-state index in [1.54, 1.807) is 0 Å². The first-order valence-electron chi connectivity index (χ1n) is 10.5. The molecule has 0 radical (unpaired) electrons. The van der Waals surface area contributed by atoms with E-state index in [1.165, 1.54) is 24.4 Å². The van der Waals surface area contributed by atoms with Crippen LogP contribution in [-0.4, -0.2) is 28.9 Å². The number of rotatable bonds is 7. The zero-order valence-corrected chi connectivity index (χ0v) is 17.3. The number of carbonyl (C=O) groups is 1. The molecule has 3 aromatic rings. The van der Waals surface area contributed by atoms with Crippen molar-refractivity contribution in [1.29, 1.82) is 0 Å². The first-order valence-corrected chi connectivity index (χ1v) is 10.5. The summed E-state index contributed by atoms with van der Waals surface area (Å²) in [5.41, 5.74) is 0.838. The second-order valence-corrected chi connectivity index (χ2v) is 7.46. The predicted molar refractivity (Wildman–Crippen MR) is 111 cm³/mol. The minimum absolute atomic E-state index is 0.00760. The number of ether oxygens (including phenoxy) is 1. The van der Waals surface area contributed by atoms with E-state index in [9.17, 15) is 13.6 Å². The Morgan fingerprint density at radius 3 is 2.65 bits per heavy atom. The number of nitrogens with zero attached hydrogens (tertiary/aromatic N) is 2. The van der Waals surface area contributed by atoms with Crippen LogP contribution in [0.1, 0.15) is 43.7 Å². The number of oxazole rings is 1. The molecule has 1 aromatic heterocycles. The molecule has 1 saturated heterocycles. The highest BCUT2D eigenvalue weighted by Gasteiger charge is 2.30. The van der Waals surface area contributed by atoms with Crippen LogP contribution < -0.4 is 4.74 Å². The van der Waals surface area contributed by atoms with Gasteiger partial charge in [0.15, 0.2) is 11.7 Å². The number of aryl methyl sites for hydroxylation is 1. The van der Waals surface area contributed by atoms with E-state index in [-0.39, 0.29) is 42.0 Å². The lowest BCUT2D eigenvalue weighted by Gasteiger charge is -2.25. The third-order valence-corrected chi connectivity index (χ3v) is 5.46. The molecule has 1 amide bonds. The minimum Gasteiger partial charge on any atom is -0.494 e. The standard InChI is InChI=1S/C24H24F2N2O3/c1-2-30-17-10-8-16(9-11-17)20-7-4-14-28(20)23(29)13-12-22-27-15-21(31-22)24-18(25)5-3-6-19(24)26/h3,5-6,8-11,15,20H,2,4,7,12-14H2,1H3. The highest BCUT2D eigenvalue weighted by Crippen LogP contribution is 2.33. The average Bonchev–Trinajstić information content (AvgIpc) is 3.43. The predicted octanol–water partition coefficient (Wildman–Crippen LogP) is 5.31. The molecule has 1 aliphatic rings. The van der Waals surface area contributed by atoms with Crippen LogP contribution in [0.3, 0.4) is 0 Å². The molecule has 7 heteroatoms. The van der Waals surface area contributed by atoms with Crippen LogP contribution in [0, 0.1) is 11.6 Å². The van der Waals surface area contributed by atoms with Crippen molar-refractivity contribution in [1.82, 2.24) is 9.88 Å². The summed E-state index contributed by atoms with van der Waals surface area (Å²) < 4.78 is 38.9.